The fourth-order valence-corrected chi connectivity index (χ4v) is 1.08. The fraction of sp³-hybridized carbons (Fsp3) is 0.667. The third-order valence-corrected chi connectivity index (χ3v) is 1.77. The van der Waals surface area contributed by atoms with Gasteiger partial charge in [-0.3, -0.25) is 4.68 Å². The average molecular weight is 237 g/mol. The van der Waals surface area contributed by atoms with E-state index in [1.165, 1.54) is 0 Å². The number of nitrogens with one attached hydrogen (secondary N) is 1. The molecule has 0 aliphatic carbocycles. The Bertz CT molecular complexity index is 274. The van der Waals surface area contributed by atoms with Gasteiger partial charge < -0.3 is 10.1 Å². The molecule has 7 heteroatoms. The molecule has 0 fully saturated rings. The van der Waals surface area contributed by atoms with Gasteiger partial charge in [-0.15, -0.1) is 0 Å². The maximum atomic E-state index is 11.7. The quantitative estimate of drug-likeness (QED) is 0.720. The molecule has 0 radical (unpaired) electrons. The number of nitrogens with zero attached hydrogens (tertiary/aromatic N) is 2. The SMILES string of the molecule is FC(F)(F)COCCNCCn1cccn1. The van der Waals surface area contributed by atoms with E-state index in [-0.39, 0.29) is 6.61 Å². The van der Waals surface area contributed by atoms with E-state index in [4.69, 9.17) is 0 Å². The topological polar surface area (TPSA) is 39.1 Å². The predicted octanol–water partition coefficient (Wildman–Crippen LogP) is 1.05. The summed E-state index contributed by atoms with van der Waals surface area (Å²) in [5.74, 6) is 0. The van der Waals surface area contributed by atoms with Crippen LogP contribution >= 0.6 is 0 Å². The molecule has 1 heterocycles. The van der Waals surface area contributed by atoms with Crippen LogP contribution in [0.2, 0.25) is 0 Å². The highest BCUT2D eigenvalue weighted by atomic mass is 19.4. The highest BCUT2D eigenvalue weighted by molar-refractivity contribution is 4.77. The molecule has 0 saturated heterocycles. The first-order valence-electron chi connectivity index (χ1n) is 4.90. The van der Waals surface area contributed by atoms with Crippen molar-refractivity contribution >= 4 is 0 Å². The lowest BCUT2D eigenvalue weighted by Gasteiger charge is -2.08. The molecule has 0 aliphatic heterocycles. The molecule has 1 aromatic heterocycles. The van der Waals surface area contributed by atoms with Gasteiger partial charge in [-0.25, -0.2) is 0 Å². The molecular weight excluding hydrogens is 223 g/mol. The number of aromatic nitrogens is 2. The van der Waals surface area contributed by atoms with Crippen molar-refractivity contribution in [3.8, 4) is 0 Å². The Morgan fingerprint density at radius 3 is 2.75 bits per heavy atom. The smallest absolute Gasteiger partial charge is 0.371 e. The van der Waals surface area contributed by atoms with Gasteiger partial charge in [-0.05, 0) is 6.07 Å². The monoisotopic (exact) mass is 237 g/mol. The Hall–Kier alpha value is -1.08. The zero-order chi connectivity index (χ0) is 11.9. The summed E-state index contributed by atoms with van der Waals surface area (Å²) in [6, 6.07) is 1.81. The van der Waals surface area contributed by atoms with Gasteiger partial charge in [-0.2, -0.15) is 18.3 Å². The van der Waals surface area contributed by atoms with Crippen LogP contribution in [0.3, 0.4) is 0 Å². The summed E-state index contributed by atoms with van der Waals surface area (Å²) in [5.41, 5.74) is 0. The molecule has 1 rings (SSSR count). The second kappa shape index (κ2) is 6.49. The molecule has 92 valence electrons. The second-order valence-corrected chi connectivity index (χ2v) is 3.19. The summed E-state index contributed by atoms with van der Waals surface area (Å²) in [5, 5.41) is 6.94. The molecule has 0 atom stereocenters. The Balaban J connectivity index is 1.89. The van der Waals surface area contributed by atoms with Crippen LogP contribution in [-0.4, -0.2) is 42.3 Å². The second-order valence-electron chi connectivity index (χ2n) is 3.19. The number of ether oxygens (including phenoxy) is 1. The van der Waals surface area contributed by atoms with Gasteiger partial charge in [0, 0.05) is 25.5 Å². The van der Waals surface area contributed by atoms with Gasteiger partial charge in [-0.1, -0.05) is 0 Å². The first kappa shape index (κ1) is 13.0. The van der Waals surface area contributed by atoms with Crippen molar-refractivity contribution in [3.63, 3.8) is 0 Å². The van der Waals surface area contributed by atoms with E-state index in [0.29, 0.717) is 19.6 Å². The number of hydrogen-bond acceptors (Lipinski definition) is 3. The third-order valence-electron chi connectivity index (χ3n) is 1.77. The summed E-state index contributed by atoms with van der Waals surface area (Å²) in [4.78, 5) is 0. The van der Waals surface area contributed by atoms with Crippen LogP contribution in [0, 0.1) is 0 Å². The van der Waals surface area contributed by atoms with Crippen LogP contribution in [0.1, 0.15) is 0 Å². The number of rotatable bonds is 7. The maximum Gasteiger partial charge on any atom is 0.411 e. The van der Waals surface area contributed by atoms with Gasteiger partial charge in [0.15, 0.2) is 0 Å². The normalized spacial score (nSPS) is 11.9. The summed E-state index contributed by atoms with van der Waals surface area (Å²) in [7, 11) is 0. The van der Waals surface area contributed by atoms with Crippen LogP contribution in [-0.2, 0) is 11.3 Å². The van der Waals surface area contributed by atoms with E-state index < -0.39 is 12.8 Å². The lowest BCUT2D eigenvalue weighted by atomic mass is 10.5. The van der Waals surface area contributed by atoms with E-state index in [0.717, 1.165) is 0 Å². The van der Waals surface area contributed by atoms with Crippen molar-refractivity contribution in [2.45, 2.75) is 12.7 Å². The Morgan fingerprint density at radius 2 is 2.12 bits per heavy atom. The highest BCUT2D eigenvalue weighted by Gasteiger charge is 2.27. The highest BCUT2D eigenvalue weighted by Crippen LogP contribution is 2.13. The third kappa shape index (κ3) is 6.41. The van der Waals surface area contributed by atoms with Gasteiger partial charge in [0.1, 0.15) is 6.61 Å². The maximum absolute atomic E-state index is 11.7. The van der Waals surface area contributed by atoms with E-state index in [2.05, 4.69) is 15.2 Å². The van der Waals surface area contributed by atoms with Crippen LogP contribution in [0.25, 0.3) is 0 Å². The van der Waals surface area contributed by atoms with Gasteiger partial charge in [0.05, 0.1) is 13.2 Å². The summed E-state index contributed by atoms with van der Waals surface area (Å²) < 4.78 is 41.1. The first-order valence-corrected chi connectivity index (χ1v) is 4.90. The van der Waals surface area contributed by atoms with Crippen molar-refractivity contribution in [2.24, 2.45) is 0 Å². The summed E-state index contributed by atoms with van der Waals surface area (Å²) >= 11 is 0. The van der Waals surface area contributed by atoms with E-state index in [9.17, 15) is 13.2 Å². The lowest BCUT2D eigenvalue weighted by molar-refractivity contribution is -0.173. The standard InChI is InChI=1S/C9H14F3N3O/c10-9(11,12)8-16-7-4-13-3-6-15-5-1-2-14-15/h1-2,5,13H,3-4,6-8H2. The molecule has 0 aliphatic rings. The van der Waals surface area contributed by atoms with E-state index >= 15 is 0 Å². The Kier molecular flexibility index (Phi) is 5.27. The predicted molar refractivity (Wildman–Crippen MR) is 52.0 cm³/mol. The Labute approximate surface area is 91.4 Å². The van der Waals surface area contributed by atoms with Crippen LogP contribution in [0.15, 0.2) is 18.5 Å². The molecule has 1 aromatic rings. The fourth-order valence-electron chi connectivity index (χ4n) is 1.08. The summed E-state index contributed by atoms with van der Waals surface area (Å²) in [6.45, 7) is 0.604. The lowest BCUT2D eigenvalue weighted by Crippen LogP contribution is -2.26. The number of halogens is 3. The zero-order valence-electron chi connectivity index (χ0n) is 8.70. The van der Waals surface area contributed by atoms with Crippen LogP contribution in [0.4, 0.5) is 13.2 Å². The Morgan fingerprint density at radius 1 is 1.31 bits per heavy atom. The first-order chi connectivity index (χ1) is 7.58. The molecule has 0 bridgehead atoms. The van der Waals surface area contributed by atoms with Crippen molar-refractivity contribution < 1.29 is 17.9 Å². The number of alkyl halides is 3. The molecule has 0 amide bonds. The molecule has 0 spiro atoms. The van der Waals surface area contributed by atoms with Crippen LogP contribution < -0.4 is 5.32 Å². The van der Waals surface area contributed by atoms with Crippen molar-refractivity contribution in [3.05, 3.63) is 18.5 Å². The van der Waals surface area contributed by atoms with E-state index in [1.807, 2.05) is 12.3 Å². The largest absolute Gasteiger partial charge is 0.411 e. The minimum Gasteiger partial charge on any atom is -0.371 e. The van der Waals surface area contributed by atoms with Gasteiger partial charge in [0.2, 0.25) is 0 Å². The number of hydrogen-bond donors (Lipinski definition) is 1. The minimum atomic E-state index is -4.24. The molecular formula is C9H14F3N3O. The average Bonchev–Trinajstić information content (AvgIpc) is 2.67. The van der Waals surface area contributed by atoms with E-state index in [1.54, 1.807) is 10.9 Å². The van der Waals surface area contributed by atoms with Gasteiger partial charge >= 0.3 is 6.18 Å². The molecule has 1 N–H and O–H groups in total. The molecule has 16 heavy (non-hydrogen) atoms. The molecule has 0 saturated carbocycles. The van der Waals surface area contributed by atoms with Crippen molar-refractivity contribution in [1.82, 2.24) is 15.1 Å². The summed E-state index contributed by atoms with van der Waals surface area (Å²) in [6.07, 6.45) is -0.747. The minimum absolute atomic E-state index is 0.0542. The molecule has 0 unspecified atom stereocenters. The van der Waals surface area contributed by atoms with Crippen molar-refractivity contribution in [2.75, 3.05) is 26.3 Å². The van der Waals surface area contributed by atoms with Gasteiger partial charge in [0.25, 0.3) is 0 Å². The zero-order valence-corrected chi connectivity index (χ0v) is 8.70. The molecule has 0 aromatic carbocycles. The van der Waals surface area contributed by atoms with Crippen molar-refractivity contribution in [1.29, 1.82) is 0 Å². The van der Waals surface area contributed by atoms with Crippen LogP contribution in [0.5, 0.6) is 0 Å². The molecule has 4 nitrogen and oxygen atoms in total.